The van der Waals surface area contributed by atoms with Gasteiger partial charge in [0.1, 0.15) is 5.75 Å². The summed E-state index contributed by atoms with van der Waals surface area (Å²) < 4.78 is 5.71. The number of nitrogens with zero attached hydrogens (tertiary/aromatic N) is 1. The van der Waals surface area contributed by atoms with E-state index in [1.807, 2.05) is 25.1 Å². The maximum absolute atomic E-state index is 12.2. The van der Waals surface area contributed by atoms with E-state index in [0.717, 1.165) is 16.9 Å². The van der Waals surface area contributed by atoms with Gasteiger partial charge in [-0.3, -0.25) is 9.59 Å². The van der Waals surface area contributed by atoms with E-state index in [1.165, 1.54) is 6.92 Å². The number of amides is 2. The lowest BCUT2D eigenvalue weighted by molar-refractivity contribution is -0.122. The summed E-state index contributed by atoms with van der Waals surface area (Å²) in [6.07, 6.45) is 0.145. The van der Waals surface area contributed by atoms with Crippen molar-refractivity contribution in [2.75, 3.05) is 11.9 Å². The third-order valence-electron chi connectivity index (χ3n) is 4.34. The minimum atomic E-state index is -0.727. The first-order valence-electron chi connectivity index (χ1n) is 10.0. The van der Waals surface area contributed by atoms with E-state index in [1.54, 1.807) is 31.2 Å². The Morgan fingerprint density at radius 1 is 1.19 bits per heavy atom. The first kappa shape index (κ1) is 24.4. The van der Waals surface area contributed by atoms with Gasteiger partial charge in [-0.15, -0.1) is 0 Å². The van der Waals surface area contributed by atoms with Gasteiger partial charge in [0.2, 0.25) is 11.8 Å². The molecule has 166 valence electrons. The summed E-state index contributed by atoms with van der Waals surface area (Å²) in [5.41, 5.74) is 5.35. The van der Waals surface area contributed by atoms with Crippen LogP contribution in [0.5, 0.6) is 5.75 Å². The molecule has 7 nitrogen and oxygen atoms in total. The Hall–Kier alpha value is -2.90. The van der Waals surface area contributed by atoms with Crippen molar-refractivity contribution in [1.82, 2.24) is 5.43 Å². The van der Waals surface area contributed by atoms with Gasteiger partial charge in [-0.1, -0.05) is 23.7 Å². The first-order valence-corrected chi connectivity index (χ1v) is 10.4. The number of aryl methyl sites for hydroxylation is 1. The molecule has 0 aromatic heterocycles. The van der Waals surface area contributed by atoms with E-state index in [9.17, 15) is 14.7 Å². The van der Waals surface area contributed by atoms with Gasteiger partial charge in [-0.2, -0.15) is 5.10 Å². The van der Waals surface area contributed by atoms with Crippen LogP contribution < -0.4 is 15.5 Å². The summed E-state index contributed by atoms with van der Waals surface area (Å²) in [7, 11) is 0. The lowest BCUT2D eigenvalue weighted by atomic mass is 10.1. The third kappa shape index (κ3) is 8.78. The van der Waals surface area contributed by atoms with E-state index >= 15 is 0 Å². The van der Waals surface area contributed by atoms with Gasteiger partial charge in [-0.25, -0.2) is 5.43 Å². The first-order chi connectivity index (χ1) is 14.7. The molecular weight excluding hydrogens is 418 g/mol. The van der Waals surface area contributed by atoms with E-state index < -0.39 is 6.10 Å². The number of carbonyl (C=O) groups excluding carboxylic acids is 2. The zero-order chi connectivity index (χ0) is 22.8. The fourth-order valence-electron chi connectivity index (χ4n) is 2.76. The molecule has 0 aliphatic carbocycles. The van der Waals surface area contributed by atoms with E-state index in [-0.39, 0.29) is 18.2 Å². The molecule has 3 N–H and O–H groups in total. The molecule has 1 atom stereocenters. The third-order valence-corrected chi connectivity index (χ3v) is 4.57. The minimum absolute atomic E-state index is 0.0197. The maximum atomic E-state index is 12.2. The van der Waals surface area contributed by atoms with Crippen molar-refractivity contribution in [3.8, 4) is 5.75 Å². The molecule has 0 spiro atoms. The monoisotopic (exact) mass is 445 g/mol. The van der Waals surface area contributed by atoms with Crippen molar-refractivity contribution in [2.24, 2.45) is 5.10 Å². The molecule has 0 aliphatic heterocycles. The molecule has 0 heterocycles. The summed E-state index contributed by atoms with van der Waals surface area (Å²) in [6, 6.07) is 12.6. The second-order valence-corrected chi connectivity index (χ2v) is 7.71. The van der Waals surface area contributed by atoms with Gasteiger partial charge in [0.15, 0.2) is 0 Å². The highest BCUT2D eigenvalue weighted by molar-refractivity contribution is 6.30. The largest absolute Gasteiger partial charge is 0.493 e. The molecule has 0 saturated carbocycles. The molecule has 8 heteroatoms. The Balaban J connectivity index is 1.81. The summed E-state index contributed by atoms with van der Waals surface area (Å²) in [5.74, 6) is 0.274. The second kappa shape index (κ2) is 12.1. The fourth-order valence-corrected chi connectivity index (χ4v) is 2.99. The van der Waals surface area contributed by atoms with Crippen LogP contribution in [0.25, 0.3) is 0 Å². The summed E-state index contributed by atoms with van der Waals surface area (Å²) in [4.78, 5) is 23.8. The van der Waals surface area contributed by atoms with Crippen molar-refractivity contribution in [2.45, 2.75) is 46.1 Å². The van der Waals surface area contributed by atoms with Gasteiger partial charge in [0.05, 0.1) is 24.8 Å². The number of aliphatic hydroxyl groups is 1. The van der Waals surface area contributed by atoms with Crippen LogP contribution in [-0.2, 0) is 9.59 Å². The number of hydrazone groups is 1. The molecule has 2 rings (SSSR count). The number of nitrogens with one attached hydrogen (secondary N) is 2. The average Bonchev–Trinajstić information content (AvgIpc) is 2.70. The van der Waals surface area contributed by atoms with Crippen molar-refractivity contribution in [1.29, 1.82) is 0 Å². The molecule has 0 radical (unpaired) electrons. The van der Waals surface area contributed by atoms with E-state index in [0.29, 0.717) is 35.9 Å². The molecule has 0 fully saturated rings. The number of hydrogen-bond acceptors (Lipinski definition) is 5. The summed E-state index contributed by atoms with van der Waals surface area (Å²) in [5, 5.41) is 16.8. The highest BCUT2D eigenvalue weighted by Crippen LogP contribution is 2.22. The SMILES string of the molecule is C/C(=N\NC(=O)C[C@@H](C)O)c1cccc(NC(=O)CCCOc2ccc(Cl)cc2C)c1. The number of aliphatic hydroxyl groups excluding tert-OH is 1. The molecule has 31 heavy (non-hydrogen) atoms. The molecule has 0 saturated heterocycles. The van der Waals surface area contributed by atoms with Crippen LogP contribution in [0.4, 0.5) is 5.69 Å². The number of carbonyl (C=O) groups is 2. The molecular formula is C23H28ClN3O4. The Labute approximate surface area is 187 Å². The highest BCUT2D eigenvalue weighted by atomic mass is 35.5. The Kier molecular flexibility index (Phi) is 9.49. The number of benzene rings is 2. The van der Waals surface area contributed by atoms with Crippen LogP contribution in [0, 0.1) is 6.92 Å². The molecule has 0 bridgehead atoms. The lowest BCUT2D eigenvalue weighted by Crippen LogP contribution is -2.23. The Morgan fingerprint density at radius 2 is 1.97 bits per heavy atom. The number of ether oxygens (including phenoxy) is 1. The van der Waals surface area contributed by atoms with Crippen molar-refractivity contribution in [3.63, 3.8) is 0 Å². The van der Waals surface area contributed by atoms with Crippen LogP contribution in [-0.4, -0.2) is 35.3 Å². The average molecular weight is 446 g/mol. The van der Waals surface area contributed by atoms with Gasteiger partial charge < -0.3 is 15.2 Å². The zero-order valence-corrected chi connectivity index (χ0v) is 18.7. The molecule has 2 aromatic rings. The predicted octanol–water partition coefficient (Wildman–Crippen LogP) is 4.06. The molecule has 2 aromatic carbocycles. The van der Waals surface area contributed by atoms with Gasteiger partial charge in [0.25, 0.3) is 0 Å². The number of hydrogen-bond donors (Lipinski definition) is 3. The van der Waals surface area contributed by atoms with Crippen LogP contribution in [0.1, 0.15) is 44.2 Å². The van der Waals surface area contributed by atoms with E-state index in [2.05, 4.69) is 15.8 Å². The molecule has 0 aliphatic rings. The van der Waals surface area contributed by atoms with Crippen LogP contribution in [0.15, 0.2) is 47.6 Å². The summed E-state index contributed by atoms with van der Waals surface area (Å²) in [6.45, 7) is 5.63. The number of halogens is 1. The smallest absolute Gasteiger partial charge is 0.242 e. The van der Waals surface area contributed by atoms with Crippen molar-refractivity contribution < 1.29 is 19.4 Å². The van der Waals surface area contributed by atoms with Gasteiger partial charge in [-0.05, 0) is 68.7 Å². The van der Waals surface area contributed by atoms with Gasteiger partial charge >= 0.3 is 0 Å². The zero-order valence-electron chi connectivity index (χ0n) is 17.9. The van der Waals surface area contributed by atoms with Crippen LogP contribution in [0.2, 0.25) is 5.02 Å². The fraction of sp³-hybridized carbons (Fsp3) is 0.348. The van der Waals surface area contributed by atoms with Crippen molar-refractivity contribution in [3.05, 3.63) is 58.6 Å². The second-order valence-electron chi connectivity index (χ2n) is 7.28. The van der Waals surface area contributed by atoms with Crippen LogP contribution in [0.3, 0.4) is 0 Å². The normalized spacial score (nSPS) is 12.2. The number of rotatable bonds is 10. The van der Waals surface area contributed by atoms with Crippen molar-refractivity contribution >= 4 is 34.8 Å². The number of anilines is 1. The van der Waals surface area contributed by atoms with Gasteiger partial charge in [0, 0.05) is 17.1 Å². The van der Waals surface area contributed by atoms with Crippen LogP contribution >= 0.6 is 11.6 Å². The lowest BCUT2D eigenvalue weighted by Gasteiger charge is -2.10. The quantitative estimate of drug-likeness (QED) is 0.291. The Bertz CT molecular complexity index is 944. The predicted molar refractivity (Wildman–Crippen MR) is 123 cm³/mol. The molecule has 0 unspecified atom stereocenters. The standard InChI is InChI=1S/C23H28ClN3O4/c1-15-12-19(24)9-10-21(15)31-11-5-8-22(29)25-20-7-4-6-18(14-20)17(3)26-27-23(30)13-16(2)28/h4,6-7,9-10,12,14,16,28H,5,8,11,13H2,1-3H3,(H,25,29)(H,27,30)/b26-17+/t16-/m1/s1. The topological polar surface area (TPSA) is 100 Å². The highest BCUT2D eigenvalue weighted by Gasteiger charge is 2.07. The maximum Gasteiger partial charge on any atom is 0.242 e. The molecule has 2 amide bonds. The minimum Gasteiger partial charge on any atom is -0.493 e. The van der Waals surface area contributed by atoms with E-state index in [4.69, 9.17) is 16.3 Å². The Morgan fingerprint density at radius 3 is 2.68 bits per heavy atom. The summed E-state index contributed by atoms with van der Waals surface area (Å²) >= 11 is 5.93.